The third-order valence-corrected chi connectivity index (χ3v) is 3.50. The quantitative estimate of drug-likeness (QED) is 0.789. The van der Waals surface area contributed by atoms with Crippen LogP contribution in [-0.2, 0) is 4.79 Å². The molecule has 0 saturated heterocycles. The maximum absolute atomic E-state index is 12.2. The minimum Gasteiger partial charge on any atom is -0.330 e. The van der Waals surface area contributed by atoms with Crippen LogP contribution < -0.4 is 11.1 Å². The lowest BCUT2D eigenvalue weighted by molar-refractivity contribution is -0.117. The highest BCUT2D eigenvalue weighted by Crippen LogP contribution is 2.37. The van der Waals surface area contributed by atoms with E-state index in [1.54, 1.807) is 0 Å². The highest BCUT2D eigenvalue weighted by atomic mass is 32.2. The van der Waals surface area contributed by atoms with E-state index in [0.717, 1.165) is 6.42 Å². The monoisotopic (exact) mass is 306 g/mol. The number of amides is 1. The van der Waals surface area contributed by atoms with Crippen molar-refractivity contribution in [1.29, 1.82) is 0 Å². The second kappa shape index (κ2) is 7.54. The van der Waals surface area contributed by atoms with Crippen LogP contribution in [0.1, 0.15) is 19.8 Å². The summed E-state index contributed by atoms with van der Waals surface area (Å²) in [6.45, 7) is 2.39. The molecule has 1 rings (SSSR count). The third-order valence-electron chi connectivity index (χ3n) is 2.76. The molecule has 0 fully saturated rings. The van der Waals surface area contributed by atoms with Crippen LogP contribution in [0.15, 0.2) is 29.2 Å². The van der Waals surface area contributed by atoms with Gasteiger partial charge in [-0.1, -0.05) is 13.3 Å². The molecule has 0 aliphatic carbocycles. The number of rotatable bonds is 6. The van der Waals surface area contributed by atoms with Gasteiger partial charge in [0.2, 0.25) is 5.91 Å². The van der Waals surface area contributed by atoms with E-state index in [9.17, 15) is 18.0 Å². The zero-order valence-electron chi connectivity index (χ0n) is 11.0. The molecule has 7 heteroatoms. The second-order valence-corrected chi connectivity index (χ2v) is 5.47. The number of carbonyl (C=O) groups excluding carboxylic acids is 1. The summed E-state index contributed by atoms with van der Waals surface area (Å²) in [6.07, 6.45) is 1.12. The Morgan fingerprint density at radius 1 is 1.35 bits per heavy atom. The molecule has 1 aromatic rings. The second-order valence-electron chi connectivity index (χ2n) is 4.33. The molecular weight excluding hydrogens is 289 g/mol. The van der Waals surface area contributed by atoms with E-state index in [0.29, 0.717) is 18.7 Å². The number of nitrogens with one attached hydrogen (secondary N) is 1. The molecule has 0 aliphatic rings. The Balaban J connectivity index is 2.55. The van der Waals surface area contributed by atoms with Gasteiger partial charge in [-0.25, -0.2) is 0 Å². The SMILES string of the molecule is CCC(CN)CC(=O)Nc1ccc(SC(F)(F)F)cc1. The predicted molar refractivity (Wildman–Crippen MR) is 74.4 cm³/mol. The van der Waals surface area contributed by atoms with Crippen LogP contribution in [0.4, 0.5) is 18.9 Å². The van der Waals surface area contributed by atoms with Crippen molar-refractivity contribution >= 4 is 23.4 Å². The molecule has 0 spiro atoms. The fraction of sp³-hybridized carbons (Fsp3) is 0.462. The predicted octanol–water partition coefficient (Wildman–Crippen LogP) is 3.61. The van der Waals surface area contributed by atoms with E-state index in [-0.39, 0.29) is 28.5 Å². The molecule has 0 radical (unpaired) electrons. The first-order valence-electron chi connectivity index (χ1n) is 6.19. The van der Waals surface area contributed by atoms with E-state index >= 15 is 0 Å². The molecule has 0 bridgehead atoms. The molecule has 1 aromatic carbocycles. The Morgan fingerprint density at radius 2 is 1.95 bits per heavy atom. The average Bonchev–Trinajstić information content (AvgIpc) is 2.36. The van der Waals surface area contributed by atoms with Crippen LogP contribution in [0, 0.1) is 5.92 Å². The number of carbonyl (C=O) groups is 1. The van der Waals surface area contributed by atoms with Crippen LogP contribution in [0.2, 0.25) is 0 Å². The summed E-state index contributed by atoms with van der Waals surface area (Å²) >= 11 is -0.183. The number of hydrogen-bond donors (Lipinski definition) is 2. The van der Waals surface area contributed by atoms with Crippen molar-refractivity contribution in [3.05, 3.63) is 24.3 Å². The van der Waals surface area contributed by atoms with Gasteiger partial charge in [-0.15, -0.1) is 0 Å². The molecule has 1 unspecified atom stereocenters. The number of alkyl halides is 3. The van der Waals surface area contributed by atoms with E-state index in [1.165, 1.54) is 24.3 Å². The van der Waals surface area contributed by atoms with Crippen LogP contribution in [0.3, 0.4) is 0 Å². The third kappa shape index (κ3) is 6.29. The van der Waals surface area contributed by atoms with Crippen LogP contribution in [0.5, 0.6) is 0 Å². The minimum atomic E-state index is -4.31. The summed E-state index contributed by atoms with van der Waals surface area (Å²) in [5.74, 6) is -0.0615. The molecule has 20 heavy (non-hydrogen) atoms. The number of hydrogen-bond acceptors (Lipinski definition) is 3. The van der Waals surface area contributed by atoms with E-state index in [4.69, 9.17) is 5.73 Å². The summed E-state index contributed by atoms with van der Waals surface area (Å²) in [5, 5.41) is 2.65. The lowest BCUT2D eigenvalue weighted by Crippen LogP contribution is -2.21. The standard InChI is InChI=1S/C13H17F3N2OS/c1-2-9(8-17)7-12(19)18-10-3-5-11(6-4-10)20-13(14,15)16/h3-6,9H,2,7-8,17H2,1H3,(H,18,19). The van der Waals surface area contributed by atoms with E-state index in [2.05, 4.69) is 5.32 Å². The number of benzene rings is 1. The number of thioether (sulfide) groups is 1. The van der Waals surface area contributed by atoms with Crippen molar-refractivity contribution in [2.75, 3.05) is 11.9 Å². The highest BCUT2D eigenvalue weighted by molar-refractivity contribution is 8.00. The highest BCUT2D eigenvalue weighted by Gasteiger charge is 2.29. The van der Waals surface area contributed by atoms with Gasteiger partial charge < -0.3 is 11.1 Å². The average molecular weight is 306 g/mol. The molecule has 112 valence electrons. The Kier molecular flexibility index (Phi) is 6.35. The molecule has 3 N–H and O–H groups in total. The Morgan fingerprint density at radius 3 is 2.40 bits per heavy atom. The van der Waals surface area contributed by atoms with Crippen LogP contribution >= 0.6 is 11.8 Å². The fourth-order valence-electron chi connectivity index (χ4n) is 1.61. The maximum atomic E-state index is 12.2. The van der Waals surface area contributed by atoms with Crippen LogP contribution in [-0.4, -0.2) is 18.0 Å². The van der Waals surface area contributed by atoms with Crippen molar-refractivity contribution in [3.63, 3.8) is 0 Å². The zero-order chi connectivity index (χ0) is 15.2. The van der Waals surface area contributed by atoms with Gasteiger partial charge in [-0.3, -0.25) is 4.79 Å². The summed E-state index contributed by atoms with van der Waals surface area (Å²) in [4.78, 5) is 11.8. The molecule has 0 aromatic heterocycles. The van der Waals surface area contributed by atoms with Crippen LogP contribution in [0.25, 0.3) is 0 Å². The van der Waals surface area contributed by atoms with Crippen molar-refractivity contribution in [1.82, 2.24) is 0 Å². The Hall–Kier alpha value is -1.21. The molecular formula is C13H17F3N2OS. The number of nitrogens with two attached hydrogens (primary N) is 1. The van der Waals surface area contributed by atoms with Gasteiger partial charge in [0.25, 0.3) is 0 Å². The van der Waals surface area contributed by atoms with Gasteiger partial charge in [-0.05, 0) is 48.5 Å². The van der Waals surface area contributed by atoms with Gasteiger partial charge in [0.1, 0.15) is 0 Å². The topological polar surface area (TPSA) is 55.1 Å². The van der Waals surface area contributed by atoms with Gasteiger partial charge in [0, 0.05) is 17.0 Å². The first kappa shape index (κ1) is 16.8. The number of anilines is 1. The minimum absolute atomic E-state index is 0.0869. The Bertz CT molecular complexity index is 430. The van der Waals surface area contributed by atoms with Crippen molar-refractivity contribution in [2.45, 2.75) is 30.2 Å². The summed E-state index contributed by atoms with van der Waals surface area (Å²) in [6, 6.07) is 5.56. The van der Waals surface area contributed by atoms with Crippen molar-refractivity contribution in [3.8, 4) is 0 Å². The van der Waals surface area contributed by atoms with Gasteiger partial charge in [-0.2, -0.15) is 13.2 Å². The zero-order valence-corrected chi connectivity index (χ0v) is 11.9. The summed E-state index contributed by atoms with van der Waals surface area (Å²) in [7, 11) is 0. The molecule has 0 saturated carbocycles. The Labute approximate surface area is 120 Å². The summed E-state index contributed by atoms with van der Waals surface area (Å²) in [5.41, 5.74) is 1.69. The molecule has 1 amide bonds. The largest absolute Gasteiger partial charge is 0.446 e. The lowest BCUT2D eigenvalue weighted by atomic mass is 10.0. The first-order valence-corrected chi connectivity index (χ1v) is 7.01. The fourth-order valence-corrected chi connectivity index (χ4v) is 2.15. The molecule has 0 heterocycles. The lowest BCUT2D eigenvalue weighted by Gasteiger charge is -2.12. The van der Waals surface area contributed by atoms with Gasteiger partial charge in [0.15, 0.2) is 0 Å². The van der Waals surface area contributed by atoms with E-state index < -0.39 is 5.51 Å². The van der Waals surface area contributed by atoms with Gasteiger partial charge >= 0.3 is 5.51 Å². The molecule has 1 atom stereocenters. The van der Waals surface area contributed by atoms with Crippen molar-refractivity contribution in [2.24, 2.45) is 11.7 Å². The number of halogens is 3. The molecule has 0 aliphatic heterocycles. The first-order chi connectivity index (χ1) is 9.34. The molecule has 3 nitrogen and oxygen atoms in total. The smallest absolute Gasteiger partial charge is 0.330 e. The van der Waals surface area contributed by atoms with E-state index in [1.807, 2.05) is 6.92 Å². The summed E-state index contributed by atoms with van der Waals surface area (Å²) < 4.78 is 36.5. The van der Waals surface area contributed by atoms with Crippen molar-refractivity contribution < 1.29 is 18.0 Å². The maximum Gasteiger partial charge on any atom is 0.446 e. The normalized spacial score (nSPS) is 13.1. The van der Waals surface area contributed by atoms with Gasteiger partial charge in [0.05, 0.1) is 0 Å².